The van der Waals surface area contributed by atoms with Gasteiger partial charge in [-0.25, -0.2) is 4.98 Å². The van der Waals surface area contributed by atoms with Gasteiger partial charge in [-0.1, -0.05) is 0 Å². The second-order valence-electron chi connectivity index (χ2n) is 3.03. The van der Waals surface area contributed by atoms with Crippen LogP contribution in [0.15, 0.2) is 18.3 Å². The van der Waals surface area contributed by atoms with Gasteiger partial charge in [0.2, 0.25) is 0 Å². The summed E-state index contributed by atoms with van der Waals surface area (Å²) in [7, 11) is 1.53. The molecule has 0 aliphatic carbocycles. The predicted octanol–water partition coefficient (Wildman–Crippen LogP) is 0.372. The van der Waals surface area contributed by atoms with E-state index in [0.29, 0.717) is 12.2 Å². The highest BCUT2D eigenvalue weighted by Gasteiger charge is 2.03. The molecule has 1 aromatic rings. The highest BCUT2D eigenvalue weighted by Crippen LogP contribution is 2.06. The van der Waals surface area contributed by atoms with E-state index in [-0.39, 0.29) is 6.61 Å². The fraction of sp³-hybridized carbons (Fsp3) is 0.400. The molecule has 0 fully saturated rings. The van der Waals surface area contributed by atoms with E-state index >= 15 is 0 Å². The van der Waals surface area contributed by atoms with Crippen molar-refractivity contribution in [1.82, 2.24) is 4.98 Å². The van der Waals surface area contributed by atoms with Gasteiger partial charge in [0.25, 0.3) is 0 Å². The number of aromatic nitrogens is 1. The van der Waals surface area contributed by atoms with Gasteiger partial charge in [0.05, 0.1) is 12.7 Å². The van der Waals surface area contributed by atoms with Gasteiger partial charge in [0, 0.05) is 25.5 Å². The molecule has 0 radical (unpaired) electrons. The third-order valence-electron chi connectivity index (χ3n) is 1.78. The van der Waals surface area contributed by atoms with Crippen LogP contribution in [0.5, 0.6) is 0 Å². The van der Waals surface area contributed by atoms with Crippen molar-refractivity contribution in [1.29, 1.82) is 5.26 Å². The topological polar surface area (TPSA) is 78.2 Å². The first-order valence-corrected chi connectivity index (χ1v) is 4.53. The molecule has 1 unspecified atom stereocenters. The van der Waals surface area contributed by atoms with E-state index in [1.807, 2.05) is 6.07 Å². The number of anilines is 1. The van der Waals surface area contributed by atoms with Gasteiger partial charge in [-0.2, -0.15) is 5.26 Å². The van der Waals surface area contributed by atoms with Crippen molar-refractivity contribution in [3.8, 4) is 6.07 Å². The lowest BCUT2D eigenvalue weighted by Crippen LogP contribution is -2.24. The molecule has 15 heavy (non-hydrogen) atoms. The van der Waals surface area contributed by atoms with Gasteiger partial charge in [-0.3, -0.25) is 0 Å². The van der Waals surface area contributed by atoms with Crippen molar-refractivity contribution >= 4 is 5.69 Å². The summed E-state index contributed by atoms with van der Waals surface area (Å²) in [5, 5.41) is 21.0. The molecule has 0 spiro atoms. The molecule has 2 N–H and O–H groups in total. The van der Waals surface area contributed by atoms with Gasteiger partial charge in [-0.05, 0) is 12.1 Å². The number of hydrogen-bond acceptors (Lipinski definition) is 5. The van der Waals surface area contributed by atoms with Gasteiger partial charge in [-0.15, -0.1) is 0 Å². The van der Waals surface area contributed by atoms with Crippen molar-refractivity contribution < 1.29 is 9.84 Å². The summed E-state index contributed by atoms with van der Waals surface area (Å²) >= 11 is 0. The smallest absolute Gasteiger partial charge is 0.142 e. The minimum absolute atomic E-state index is 0.281. The number of nitriles is 1. The van der Waals surface area contributed by atoms with Crippen molar-refractivity contribution in [2.45, 2.75) is 6.10 Å². The number of methoxy groups -OCH3 is 1. The molecule has 5 nitrogen and oxygen atoms in total. The Balaban J connectivity index is 2.47. The Morgan fingerprint density at radius 2 is 2.53 bits per heavy atom. The van der Waals surface area contributed by atoms with Crippen LogP contribution in [0.4, 0.5) is 5.69 Å². The zero-order chi connectivity index (χ0) is 11.1. The summed E-state index contributed by atoms with van der Waals surface area (Å²) in [5.41, 5.74) is 1.11. The van der Waals surface area contributed by atoms with Crippen LogP contribution in [-0.2, 0) is 4.74 Å². The van der Waals surface area contributed by atoms with Gasteiger partial charge in [0.15, 0.2) is 0 Å². The molecule has 1 aromatic heterocycles. The molecular weight excluding hydrogens is 194 g/mol. The average Bonchev–Trinajstić information content (AvgIpc) is 2.27. The highest BCUT2D eigenvalue weighted by molar-refractivity contribution is 5.45. The molecule has 0 bridgehead atoms. The molecule has 0 aromatic carbocycles. The van der Waals surface area contributed by atoms with Gasteiger partial charge in [0.1, 0.15) is 11.8 Å². The van der Waals surface area contributed by atoms with E-state index in [1.165, 1.54) is 7.11 Å². The number of aliphatic hydroxyl groups excluding tert-OH is 1. The van der Waals surface area contributed by atoms with Crippen LogP contribution >= 0.6 is 0 Å². The third kappa shape index (κ3) is 3.94. The van der Waals surface area contributed by atoms with Crippen LogP contribution in [-0.4, -0.2) is 36.5 Å². The van der Waals surface area contributed by atoms with Gasteiger partial charge >= 0.3 is 0 Å². The Morgan fingerprint density at radius 3 is 3.20 bits per heavy atom. The molecule has 0 aliphatic heterocycles. The molecule has 5 heteroatoms. The normalized spacial score (nSPS) is 11.8. The van der Waals surface area contributed by atoms with E-state index in [4.69, 9.17) is 10.00 Å². The molecule has 0 saturated carbocycles. The SMILES string of the molecule is COCC(O)CNc1ccnc(C#N)c1. The second-order valence-corrected chi connectivity index (χ2v) is 3.03. The predicted molar refractivity (Wildman–Crippen MR) is 55.3 cm³/mol. The Hall–Kier alpha value is -1.64. The Bertz CT molecular complexity index is 349. The van der Waals surface area contributed by atoms with Crippen molar-refractivity contribution in [2.24, 2.45) is 0 Å². The van der Waals surface area contributed by atoms with E-state index < -0.39 is 6.10 Å². The molecule has 0 amide bonds. The average molecular weight is 207 g/mol. The van der Waals surface area contributed by atoms with Crippen LogP contribution in [0.2, 0.25) is 0 Å². The number of hydrogen-bond donors (Lipinski definition) is 2. The summed E-state index contributed by atoms with van der Waals surface area (Å²) in [6.45, 7) is 0.659. The highest BCUT2D eigenvalue weighted by atomic mass is 16.5. The van der Waals surface area contributed by atoms with Crippen LogP contribution in [0, 0.1) is 11.3 Å². The van der Waals surface area contributed by atoms with Crippen molar-refractivity contribution in [3.63, 3.8) is 0 Å². The summed E-state index contributed by atoms with van der Waals surface area (Å²) < 4.78 is 4.78. The molecule has 0 saturated heterocycles. The summed E-state index contributed by atoms with van der Waals surface area (Å²) in [4.78, 5) is 3.83. The Kier molecular flexibility index (Phi) is 4.54. The Labute approximate surface area is 88.3 Å². The van der Waals surface area contributed by atoms with Crippen LogP contribution in [0.3, 0.4) is 0 Å². The lowest BCUT2D eigenvalue weighted by atomic mass is 10.3. The largest absolute Gasteiger partial charge is 0.389 e. The molecular formula is C10H13N3O2. The summed E-state index contributed by atoms with van der Waals surface area (Å²) in [5.74, 6) is 0. The number of nitrogens with one attached hydrogen (secondary N) is 1. The monoisotopic (exact) mass is 207 g/mol. The van der Waals surface area contributed by atoms with E-state index in [9.17, 15) is 5.11 Å². The van der Waals surface area contributed by atoms with E-state index in [0.717, 1.165) is 5.69 Å². The number of pyridine rings is 1. The molecule has 0 aliphatic rings. The third-order valence-corrected chi connectivity index (χ3v) is 1.78. The van der Waals surface area contributed by atoms with Crippen LogP contribution in [0.1, 0.15) is 5.69 Å². The zero-order valence-corrected chi connectivity index (χ0v) is 8.47. The maximum atomic E-state index is 9.37. The molecule has 80 valence electrons. The first-order chi connectivity index (χ1) is 7.26. The second kappa shape index (κ2) is 5.96. The standard InChI is InChI=1S/C10H13N3O2/c1-15-7-10(14)6-13-8-2-3-12-9(4-8)5-11/h2-4,10,14H,6-7H2,1H3,(H,12,13). The van der Waals surface area contributed by atoms with Crippen molar-refractivity contribution in [2.75, 3.05) is 25.6 Å². The lowest BCUT2D eigenvalue weighted by Gasteiger charge is -2.11. The Morgan fingerprint density at radius 1 is 1.73 bits per heavy atom. The lowest BCUT2D eigenvalue weighted by molar-refractivity contribution is 0.0727. The molecule has 1 atom stereocenters. The van der Waals surface area contributed by atoms with E-state index in [2.05, 4.69) is 10.3 Å². The zero-order valence-electron chi connectivity index (χ0n) is 8.47. The molecule has 1 heterocycles. The first kappa shape index (κ1) is 11.4. The van der Waals surface area contributed by atoms with Crippen molar-refractivity contribution in [3.05, 3.63) is 24.0 Å². The number of aliphatic hydroxyl groups is 1. The number of rotatable bonds is 5. The number of nitrogens with zero attached hydrogens (tertiary/aromatic N) is 2. The maximum absolute atomic E-state index is 9.37. The van der Waals surface area contributed by atoms with E-state index in [1.54, 1.807) is 18.3 Å². The van der Waals surface area contributed by atoms with Gasteiger partial charge < -0.3 is 15.2 Å². The number of ether oxygens (including phenoxy) is 1. The first-order valence-electron chi connectivity index (χ1n) is 4.53. The minimum atomic E-state index is -0.561. The fourth-order valence-corrected chi connectivity index (χ4v) is 1.09. The van der Waals surface area contributed by atoms with Crippen LogP contribution < -0.4 is 5.32 Å². The fourth-order valence-electron chi connectivity index (χ4n) is 1.09. The summed E-state index contributed by atoms with van der Waals surface area (Å²) in [6, 6.07) is 5.30. The minimum Gasteiger partial charge on any atom is -0.389 e. The quantitative estimate of drug-likeness (QED) is 0.729. The molecule has 1 rings (SSSR count). The maximum Gasteiger partial charge on any atom is 0.142 e. The van der Waals surface area contributed by atoms with Crippen LogP contribution in [0.25, 0.3) is 0 Å². The summed E-state index contributed by atoms with van der Waals surface area (Å²) in [6.07, 6.45) is 0.984.